The zero-order chi connectivity index (χ0) is 24.9. The van der Waals surface area contributed by atoms with Gasteiger partial charge in [-0.25, -0.2) is 12.8 Å². The lowest BCUT2D eigenvalue weighted by molar-refractivity contribution is -0.139. The Morgan fingerprint density at radius 2 is 1.55 bits per heavy atom. The normalized spacial score (nSPS) is 12.4. The third kappa shape index (κ3) is 7.56. The molecule has 33 heavy (non-hydrogen) atoms. The van der Waals surface area contributed by atoms with E-state index in [1.807, 2.05) is 33.8 Å². The molecule has 0 aliphatic carbocycles. The quantitative estimate of drug-likeness (QED) is 0.601. The minimum atomic E-state index is -3.79. The number of benzene rings is 2. The van der Waals surface area contributed by atoms with Gasteiger partial charge in [0.15, 0.2) is 0 Å². The maximum Gasteiger partial charge on any atom is 0.244 e. The van der Waals surface area contributed by atoms with Gasteiger partial charge < -0.3 is 10.2 Å². The lowest BCUT2D eigenvalue weighted by Crippen LogP contribution is -2.52. The molecule has 2 amide bonds. The molecule has 0 spiro atoms. The molecule has 2 aromatic carbocycles. The van der Waals surface area contributed by atoms with Gasteiger partial charge in [0.1, 0.15) is 18.4 Å². The average molecular weight is 478 g/mol. The molecule has 180 valence electrons. The molecule has 0 heterocycles. The fourth-order valence-corrected chi connectivity index (χ4v) is 4.32. The number of carbonyl (C=O) groups excluding carboxylic acids is 2. The third-order valence-electron chi connectivity index (χ3n) is 5.04. The second-order valence-corrected chi connectivity index (χ2v) is 10.5. The topological polar surface area (TPSA) is 86.8 Å². The SMILES string of the molecule is Cc1cc(C)cc(N(CC(=O)N(Cc2ccc(F)cc2)C(C)C(=O)NC(C)C)S(C)(=O)=O)c1. The summed E-state index contributed by atoms with van der Waals surface area (Å²) in [6, 6.07) is 9.90. The molecular formula is C24H32FN3O4S. The molecule has 9 heteroatoms. The van der Waals surface area contributed by atoms with Crippen LogP contribution in [0.5, 0.6) is 0 Å². The van der Waals surface area contributed by atoms with Gasteiger partial charge in [-0.1, -0.05) is 18.2 Å². The second-order valence-electron chi connectivity index (χ2n) is 8.60. The monoisotopic (exact) mass is 477 g/mol. The van der Waals surface area contributed by atoms with Crippen LogP contribution in [0.15, 0.2) is 42.5 Å². The molecule has 1 unspecified atom stereocenters. The Morgan fingerprint density at radius 1 is 1.00 bits per heavy atom. The van der Waals surface area contributed by atoms with Crippen LogP contribution in [-0.2, 0) is 26.2 Å². The van der Waals surface area contributed by atoms with Gasteiger partial charge in [-0.05, 0) is 75.6 Å². The van der Waals surface area contributed by atoms with E-state index in [1.54, 1.807) is 19.1 Å². The van der Waals surface area contributed by atoms with Crippen LogP contribution in [-0.4, -0.2) is 50.0 Å². The van der Waals surface area contributed by atoms with E-state index in [2.05, 4.69) is 5.32 Å². The van der Waals surface area contributed by atoms with Gasteiger partial charge in [-0.2, -0.15) is 0 Å². The zero-order valence-electron chi connectivity index (χ0n) is 19.9. The van der Waals surface area contributed by atoms with Crippen LogP contribution in [0.1, 0.15) is 37.5 Å². The number of hydrogen-bond donors (Lipinski definition) is 1. The first kappa shape index (κ1) is 26.3. The highest BCUT2D eigenvalue weighted by Gasteiger charge is 2.30. The minimum absolute atomic E-state index is 0.0240. The summed E-state index contributed by atoms with van der Waals surface area (Å²) in [5, 5.41) is 2.78. The van der Waals surface area contributed by atoms with Crippen molar-refractivity contribution in [1.29, 1.82) is 0 Å². The van der Waals surface area contributed by atoms with E-state index in [0.29, 0.717) is 11.3 Å². The van der Waals surface area contributed by atoms with Gasteiger partial charge in [0.2, 0.25) is 21.8 Å². The van der Waals surface area contributed by atoms with E-state index in [4.69, 9.17) is 0 Å². The van der Waals surface area contributed by atoms with Crippen molar-refractivity contribution in [2.24, 2.45) is 0 Å². The lowest BCUT2D eigenvalue weighted by atomic mass is 10.1. The fourth-order valence-electron chi connectivity index (χ4n) is 3.48. The highest BCUT2D eigenvalue weighted by Crippen LogP contribution is 2.22. The van der Waals surface area contributed by atoms with E-state index < -0.39 is 34.3 Å². The van der Waals surface area contributed by atoms with Crippen molar-refractivity contribution in [3.63, 3.8) is 0 Å². The van der Waals surface area contributed by atoms with Crippen molar-refractivity contribution >= 4 is 27.5 Å². The molecule has 2 rings (SSSR count). The third-order valence-corrected chi connectivity index (χ3v) is 6.18. The average Bonchev–Trinajstić information content (AvgIpc) is 2.68. The molecule has 0 aliphatic heterocycles. The first-order chi connectivity index (χ1) is 15.3. The molecule has 1 N–H and O–H groups in total. The van der Waals surface area contributed by atoms with Gasteiger partial charge in [-0.3, -0.25) is 13.9 Å². The van der Waals surface area contributed by atoms with Crippen LogP contribution in [0, 0.1) is 19.7 Å². The van der Waals surface area contributed by atoms with Crippen LogP contribution in [0.3, 0.4) is 0 Å². The fraction of sp³-hybridized carbons (Fsp3) is 0.417. The van der Waals surface area contributed by atoms with Crippen molar-refractivity contribution in [3.8, 4) is 0 Å². The number of nitrogens with one attached hydrogen (secondary N) is 1. The smallest absolute Gasteiger partial charge is 0.244 e. The van der Waals surface area contributed by atoms with E-state index in [-0.39, 0.29) is 18.5 Å². The Bertz CT molecular complexity index is 1080. The van der Waals surface area contributed by atoms with Gasteiger partial charge in [0.05, 0.1) is 11.9 Å². The van der Waals surface area contributed by atoms with Crippen molar-refractivity contribution < 1.29 is 22.4 Å². The van der Waals surface area contributed by atoms with Crippen LogP contribution >= 0.6 is 0 Å². The van der Waals surface area contributed by atoms with Crippen molar-refractivity contribution in [2.75, 3.05) is 17.1 Å². The van der Waals surface area contributed by atoms with Gasteiger partial charge >= 0.3 is 0 Å². The lowest BCUT2D eigenvalue weighted by Gasteiger charge is -2.32. The molecule has 0 radical (unpaired) electrons. The van der Waals surface area contributed by atoms with E-state index in [0.717, 1.165) is 21.7 Å². The summed E-state index contributed by atoms with van der Waals surface area (Å²) >= 11 is 0. The zero-order valence-corrected chi connectivity index (χ0v) is 20.7. The highest BCUT2D eigenvalue weighted by molar-refractivity contribution is 7.92. The number of hydrogen-bond acceptors (Lipinski definition) is 4. The molecule has 0 bridgehead atoms. The molecule has 0 aliphatic rings. The predicted octanol–water partition coefficient (Wildman–Crippen LogP) is 3.15. The largest absolute Gasteiger partial charge is 0.352 e. The number of aryl methyl sites for hydroxylation is 2. The first-order valence-corrected chi connectivity index (χ1v) is 12.5. The summed E-state index contributed by atoms with van der Waals surface area (Å²) in [6.07, 6.45) is 1.04. The molecule has 0 fully saturated rings. The Kier molecular flexibility index (Phi) is 8.60. The number of amides is 2. The highest BCUT2D eigenvalue weighted by atomic mass is 32.2. The molecule has 0 saturated carbocycles. The van der Waals surface area contributed by atoms with Gasteiger partial charge in [-0.15, -0.1) is 0 Å². The van der Waals surface area contributed by atoms with Crippen molar-refractivity contribution in [2.45, 2.75) is 53.2 Å². The molecule has 0 saturated heterocycles. The molecule has 7 nitrogen and oxygen atoms in total. The maximum absolute atomic E-state index is 13.4. The summed E-state index contributed by atoms with van der Waals surface area (Å²) in [7, 11) is -3.79. The minimum Gasteiger partial charge on any atom is -0.352 e. The Hall–Kier alpha value is -2.94. The summed E-state index contributed by atoms with van der Waals surface area (Å²) in [4.78, 5) is 27.4. The van der Waals surface area contributed by atoms with Crippen molar-refractivity contribution in [3.05, 3.63) is 65.0 Å². The Morgan fingerprint density at radius 3 is 2.03 bits per heavy atom. The van der Waals surface area contributed by atoms with Gasteiger partial charge in [0, 0.05) is 12.6 Å². The summed E-state index contributed by atoms with van der Waals surface area (Å²) in [6.45, 7) is 8.44. The van der Waals surface area contributed by atoms with E-state index >= 15 is 0 Å². The summed E-state index contributed by atoms with van der Waals surface area (Å²) < 4.78 is 39.6. The predicted molar refractivity (Wildman–Crippen MR) is 128 cm³/mol. The Labute approximate surface area is 195 Å². The standard InChI is InChI=1S/C24H32FN3O4S/c1-16(2)26-24(30)19(5)27(14-20-7-9-21(25)10-8-20)23(29)15-28(33(6,31)32)22-12-17(3)11-18(4)13-22/h7-13,16,19H,14-15H2,1-6H3,(H,26,30). The summed E-state index contributed by atoms with van der Waals surface area (Å²) in [5.41, 5.74) is 2.72. The molecule has 2 aromatic rings. The Balaban J connectivity index is 2.41. The van der Waals surface area contributed by atoms with Crippen molar-refractivity contribution in [1.82, 2.24) is 10.2 Å². The van der Waals surface area contributed by atoms with Crippen LogP contribution < -0.4 is 9.62 Å². The van der Waals surface area contributed by atoms with E-state index in [1.165, 1.54) is 29.2 Å². The molecule has 1 atom stereocenters. The van der Waals surface area contributed by atoms with Crippen LogP contribution in [0.25, 0.3) is 0 Å². The number of carbonyl (C=O) groups is 2. The summed E-state index contributed by atoms with van der Waals surface area (Å²) in [5.74, 6) is -1.33. The molecular weight excluding hydrogens is 445 g/mol. The van der Waals surface area contributed by atoms with E-state index in [9.17, 15) is 22.4 Å². The van der Waals surface area contributed by atoms with Crippen LogP contribution in [0.2, 0.25) is 0 Å². The number of nitrogens with zero attached hydrogens (tertiary/aromatic N) is 2. The number of rotatable bonds is 9. The maximum atomic E-state index is 13.4. The second kappa shape index (κ2) is 10.8. The first-order valence-electron chi connectivity index (χ1n) is 10.7. The number of sulfonamides is 1. The van der Waals surface area contributed by atoms with Gasteiger partial charge in [0.25, 0.3) is 0 Å². The van der Waals surface area contributed by atoms with Crippen LogP contribution in [0.4, 0.5) is 10.1 Å². The number of halogens is 1. The molecule has 0 aromatic heterocycles. The number of anilines is 1.